The summed E-state index contributed by atoms with van der Waals surface area (Å²) < 4.78 is 13.4. The number of nitrogens with two attached hydrogens (primary N) is 1. The van der Waals surface area contributed by atoms with Crippen LogP contribution in [0.3, 0.4) is 0 Å². The van der Waals surface area contributed by atoms with Crippen molar-refractivity contribution in [2.24, 2.45) is 5.73 Å². The molecule has 0 amide bonds. The van der Waals surface area contributed by atoms with Gasteiger partial charge in [-0.3, -0.25) is 10.1 Å². The molecule has 6 heteroatoms. The van der Waals surface area contributed by atoms with Crippen molar-refractivity contribution in [1.29, 1.82) is 0 Å². The molecule has 0 heterocycles. The highest BCUT2D eigenvalue weighted by Gasteiger charge is 2.16. The number of hydrogen-bond acceptors (Lipinski definition) is 4. The van der Waals surface area contributed by atoms with E-state index in [1.165, 1.54) is 12.1 Å². The Morgan fingerprint density at radius 1 is 1.60 bits per heavy atom. The van der Waals surface area contributed by atoms with Crippen LogP contribution >= 0.6 is 0 Å². The fraction of sp³-hybridized carbons (Fsp3) is 0.333. The number of non-ortho nitro benzene ring substituents is 1. The Kier molecular flexibility index (Phi) is 3.70. The van der Waals surface area contributed by atoms with Gasteiger partial charge in [0.25, 0.3) is 5.69 Å². The van der Waals surface area contributed by atoms with Crippen LogP contribution in [-0.2, 0) is 0 Å². The molecule has 3 N–H and O–H groups in total. The minimum Gasteiger partial charge on any atom is -0.396 e. The zero-order valence-electron chi connectivity index (χ0n) is 7.89. The van der Waals surface area contributed by atoms with Crippen LogP contribution in [0.15, 0.2) is 18.2 Å². The first-order valence-corrected chi connectivity index (χ1v) is 4.35. The molecule has 0 aromatic heterocycles. The summed E-state index contributed by atoms with van der Waals surface area (Å²) in [6.07, 6.45) is 0. The molecule has 0 fully saturated rings. The fourth-order valence-electron chi connectivity index (χ4n) is 1.26. The second-order valence-electron chi connectivity index (χ2n) is 3.08. The van der Waals surface area contributed by atoms with Gasteiger partial charge in [-0.1, -0.05) is 0 Å². The smallest absolute Gasteiger partial charge is 0.272 e. The third-order valence-electron chi connectivity index (χ3n) is 2.14. The highest BCUT2D eigenvalue weighted by molar-refractivity contribution is 5.36. The number of hydrogen-bond donors (Lipinski definition) is 2. The van der Waals surface area contributed by atoms with Crippen LogP contribution in [0.4, 0.5) is 10.1 Å². The lowest BCUT2D eigenvalue weighted by Crippen LogP contribution is -2.17. The van der Waals surface area contributed by atoms with Crippen LogP contribution in [0.25, 0.3) is 0 Å². The van der Waals surface area contributed by atoms with Crippen molar-refractivity contribution in [3.8, 4) is 0 Å². The summed E-state index contributed by atoms with van der Waals surface area (Å²) in [5, 5.41) is 19.2. The predicted molar refractivity (Wildman–Crippen MR) is 51.9 cm³/mol. The van der Waals surface area contributed by atoms with Gasteiger partial charge in [-0.2, -0.15) is 0 Å². The second-order valence-corrected chi connectivity index (χ2v) is 3.08. The van der Waals surface area contributed by atoms with E-state index in [-0.39, 0.29) is 24.4 Å². The Bertz CT molecular complexity index is 366. The summed E-state index contributed by atoms with van der Waals surface area (Å²) in [6.45, 7) is -0.198. The van der Waals surface area contributed by atoms with Crippen molar-refractivity contribution in [2.75, 3.05) is 13.2 Å². The molecular formula is C9H11FN2O3. The lowest BCUT2D eigenvalue weighted by atomic mass is 9.99. The van der Waals surface area contributed by atoms with E-state index in [9.17, 15) is 14.5 Å². The molecule has 82 valence electrons. The molecule has 1 atom stereocenters. The van der Waals surface area contributed by atoms with Gasteiger partial charge in [-0.25, -0.2) is 4.39 Å². The van der Waals surface area contributed by atoms with Gasteiger partial charge in [0.15, 0.2) is 0 Å². The molecule has 0 aliphatic rings. The third kappa shape index (κ3) is 2.48. The molecule has 0 spiro atoms. The van der Waals surface area contributed by atoms with E-state index in [0.29, 0.717) is 0 Å². The van der Waals surface area contributed by atoms with E-state index in [2.05, 4.69) is 0 Å². The highest BCUT2D eigenvalue weighted by Crippen LogP contribution is 2.22. The first kappa shape index (κ1) is 11.5. The molecule has 0 saturated carbocycles. The van der Waals surface area contributed by atoms with Crippen molar-refractivity contribution in [1.82, 2.24) is 0 Å². The van der Waals surface area contributed by atoms with Gasteiger partial charge < -0.3 is 10.8 Å². The van der Waals surface area contributed by atoms with Gasteiger partial charge in [0.2, 0.25) is 0 Å². The summed E-state index contributed by atoms with van der Waals surface area (Å²) in [6, 6.07) is 3.30. The van der Waals surface area contributed by atoms with E-state index in [0.717, 1.165) is 6.07 Å². The number of nitro benzene ring substituents is 1. The molecule has 0 radical (unpaired) electrons. The minimum atomic E-state index is -0.714. The Morgan fingerprint density at radius 3 is 2.67 bits per heavy atom. The predicted octanol–water partition coefficient (Wildman–Crippen LogP) is 0.768. The largest absolute Gasteiger partial charge is 0.396 e. The summed E-state index contributed by atoms with van der Waals surface area (Å²) >= 11 is 0. The Labute approximate surface area is 85.5 Å². The number of aliphatic hydroxyl groups excluding tert-OH is 1. The van der Waals surface area contributed by atoms with Crippen molar-refractivity contribution >= 4 is 5.69 Å². The summed E-state index contributed by atoms with van der Waals surface area (Å²) in [7, 11) is 0. The van der Waals surface area contributed by atoms with E-state index < -0.39 is 16.7 Å². The maximum Gasteiger partial charge on any atom is 0.272 e. The maximum atomic E-state index is 13.4. The second kappa shape index (κ2) is 4.81. The first-order chi connectivity index (χ1) is 7.10. The van der Waals surface area contributed by atoms with Crippen LogP contribution in [0.5, 0.6) is 0 Å². The Morgan fingerprint density at radius 2 is 2.27 bits per heavy atom. The Balaban J connectivity index is 3.07. The van der Waals surface area contributed by atoms with E-state index in [1.807, 2.05) is 0 Å². The van der Waals surface area contributed by atoms with Crippen LogP contribution < -0.4 is 5.73 Å². The third-order valence-corrected chi connectivity index (χ3v) is 2.14. The van der Waals surface area contributed by atoms with Crippen LogP contribution in [-0.4, -0.2) is 23.2 Å². The summed E-state index contributed by atoms with van der Waals surface area (Å²) in [5.41, 5.74) is 5.21. The highest BCUT2D eigenvalue weighted by atomic mass is 19.1. The van der Waals surface area contributed by atoms with E-state index in [1.54, 1.807) is 0 Å². The zero-order chi connectivity index (χ0) is 11.4. The number of rotatable bonds is 4. The van der Waals surface area contributed by atoms with Gasteiger partial charge >= 0.3 is 0 Å². The molecule has 1 unspecified atom stereocenters. The zero-order valence-corrected chi connectivity index (χ0v) is 7.89. The number of halogens is 1. The minimum absolute atomic E-state index is 0.0885. The molecule has 15 heavy (non-hydrogen) atoms. The molecule has 1 aromatic carbocycles. The molecule has 0 aliphatic heterocycles. The van der Waals surface area contributed by atoms with E-state index in [4.69, 9.17) is 10.8 Å². The molecule has 0 aliphatic carbocycles. The van der Waals surface area contributed by atoms with Gasteiger partial charge in [0, 0.05) is 18.5 Å². The number of nitro groups is 1. The van der Waals surface area contributed by atoms with Gasteiger partial charge in [0.1, 0.15) is 5.82 Å². The lowest BCUT2D eigenvalue weighted by Gasteiger charge is -2.12. The lowest BCUT2D eigenvalue weighted by molar-refractivity contribution is -0.385. The van der Waals surface area contributed by atoms with Gasteiger partial charge in [-0.05, 0) is 11.6 Å². The Hall–Kier alpha value is -1.53. The van der Waals surface area contributed by atoms with Crippen molar-refractivity contribution < 1.29 is 14.4 Å². The van der Waals surface area contributed by atoms with Crippen molar-refractivity contribution in [2.45, 2.75) is 5.92 Å². The van der Waals surface area contributed by atoms with Gasteiger partial charge in [-0.15, -0.1) is 0 Å². The normalized spacial score (nSPS) is 12.5. The van der Waals surface area contributed by atoms with Crippen LogP contribution in [0.2, 0.25) is 0 Å². The summed E-state index contributed by atoms with van der Waals surface area (Å²) in [4.78, 5) is 9.66. The average molecular weight is 214 g/mol. The molecule has 1 rings (SSSR count). The van der Waals surface area contributed by atoms with E-state index >= 15 is 0 Å². The van der Waals surface area contributed by atoms with Crippen LogP contribution in [0.1, 0.15) is 11.5 Å². The first-order valence-electron chi connectivity index (χ1n) is 4.35. The maximum absolute atomic E-state index is 13.4. The number of benzene rings is 1. The molecule has 0 saturated heterocycles. The standard InChI is InChI=1S/C9H11FN2O3/c10-9-3-7(12(14)15)1-2-8(9)6(4-11)5-13/h1-3,6,13H,4-5,11H2. The summed E-state index contributed by atoms with van der Waals surface area (Å²) in [5.74, 6) is -1.24. The average Bonchev–Trinajstić information content (AvgIpc) is 2.21. The van der Waals surface area contributed by atoms with Crippen LogP contribution in [0, 0.1) is 15.9 Å². The number of aliphatic hydroxyl groups is 1. The quantitative estimate of drug-likeness (QED) is 0.572. The van der Waals surface area contributed by atoms with Crippen molar-refractivity contribution in [3.05, 3.63) is 39.7 Å². The molecule has 5 nitrogen and oxygen atoms in total. The fourth-order valence-corrected chi connectivity index (χ4v) is 1.26. The topological polar surface area (TPSA) is 89.4 Å². The van der Waals surface area contributed by atoms with Gasteiger partial charge in [0.05, 0.1) is 17.6 Å². The monoisotopic (exact) mass is 214 g/mol. The van der Waals surface area contributed by atoms with Crippen molar-refractivity contribution in [3.63, 3.8) is 0 Å². The number of nitrogens with zero attached hydrogens (tertiary/aromatic N) is 1. The SMILES string of the molecule is NCC(CO)c1ccc([N+](=O)[O-])cc1F. The molecule has 0 bridgehead atoms. The molecular weight excluding hydrogens is 203 g/mol. The molecule has 1 aromatic rings.